The van der Waals surface area contributed by atoms with Crippen LogP contribution in [0.4, 0.5) is 5.69 Å². The molecular formula is C26H42N2O3. The zero-order valence-electron chi connectivity index (χ0n) is 19.8. The molecule has 0 unspecified atom stereocenters. The minimum absolute atomic E-state index is 0.00276. The molecule has 0 spiro atoms. The Labute approximate surface area is 188 Å². The summed E-state index contributed by atoms with van der Waals surface area (Å²) in [6.07, 6.45) is 8.43. The molecule has 1 aliphatic carbocycles. The first-order valence-corrected chi connectivity index (χ1v) is 12.4. The van der Waals surface area contributed by atoms with Crippen molar-refractivity contribution in [2.24, 2.45) is 11.8 Å². The first-order valence-electron chi connectivity index (χ1n) is 12.4. The molecule has 2 atom stereocenters. The number of hydrogen-bond donors (Lipinski definition) is 1. The average Bonchev–Trinajstić information content (AvgIpc) is 2.77. The summed E-state index contributed by atoms with van der Waals surface area (Å²) in [5.41, 5.74) is 0.118. The van der Waals surface area contributed by atoms with Gasteiger partial charge in [-0.3, -0.25) is 4.79 Å². The van der Waals surface area contributed by atoms with Crippen LogP contribution in [0.25, 0.3) is 0 Å². The van der Waals surface area contributed by atoms with E-state index in [9.17, 15) is 4.79 Å². The van der Waals surface area contributed by atoms with Crippen molar-refractivity contribution in [2.45, 2.75) is 77.7 Å². The Bertz CT molecular complexity index is 670. The highest BCUT2D eigenvalue weighted by Gasteiger charge is 2.42. The minimum Gasteiger partial charge on any atom is -0.494 e. The molecule has 1 N–H and O–H groups in total. The molecule has 1 amide bonds. The van der Waals surface area contributed by atoms with E-state index in [4.69, 9.17) is 9.47 Å². The molecule has 2 fully saturated rings. The molecule has 1 aromatic rings. The Morgan fingerprint density at radius 2 is 1.84 bits per heavy atom. The van der Waals surface area contributed by atoms with Crippen molar-refractivity contribution in [2.75, 3.05) is 38.2 Å². The van der Waals surface area contributed by atoms with Crippen LogP contribution >= 0.6 is 0 Å². The van der Waals surface area contributed by atoms with Crippen LogP contribution in [0, 0.1) is 11.8 Å². The second-order valence-corrected chi connectivity index (χ2v) is 9.75. The minimum atomic E-state index is -0.685. The van der Waals surface area contributed by atoms with E-state index < -0.39 is 5.60 Å². The lowest BCUT2D eigenvalue weighted by Gasteiger charge is -2.38. The smallest absolute Gasteiger partial charge is 0.256 e. The van der Waals surface area contributed by atoms with Gasteiger partial charge < -0.3 is 19.7 Å². The Hall–Kier alpha value is -1.59. The van der Waals surface area contributed by atoms with Crippen LogP contribution in [0.2, 0.25) is 0 Å². The number of ether oxygens (including phenoxy) is 2. The van der Waals surface area contributed by atoms with Crippen molar-refractivity contribution in [3.63, 3.8) is 0 Å². The fraction of sp³-hybridized carbons (Fsp3) is 0.731. The Kier molecular flexibility index (Phi) is 9.21. The highest BCUT2D eigenvalue weighted by atomic mass is 16.5. The fourth-order valence-electron chi connectivity index (χ4n) is 4.85. The van der Waals surface area contributed by atoms with Gasteiger partial charge in [0.25, 0.3) is 5.91 Å². The summed E-state index contributed by atoms with van der Waals surface area (Å²) in [6, 6.07) is 7.75. The van der Waals surface area contributed by atoms with Gasteiger partial charge in [0.2, 0.25) is 0 Å². The number of likely N-dealkylation sites (tertiary alicyclic amines) is 1. The zero-order chi connectivity index (χ0) is 22.1. The second kappa shape index (κ2) is 11.9. The molecule has 1 aromatic carbocycles. The van der Waals surface area contributed by atoms with Crippen molar-refractivity contribution < 1.29 is 14.3 Å². The van der Waals surface area contributed by atoms with Crippen molar-refractivity contribution >= 4 is 11.6 Å². The Morgan fingerprint density at radius 1 is 1.10 bits per heavy atom. The lowest BCUT2D eigenvalue weighted by Crippen LogP contribution is -2.48. The van der Waals surface area contributed by atoms with E-state index in [0.29, 0.717) is 12.5 Å². The number of rotatable bonds is 10. The van der Waals surface area contributed by atoms with Gasteiger partial charge in [-0.2, -0.15) is 0 Å². The number of anilines is 1. The van der Waals surface area contributed by atoms with E-state index in [2.05, 4.69) is 31.0 Å². The normalized spacial score (nSPS) is 25.3. The van der Waals surface area contributed by atoms with Gasteiger partial charge in [0, 0.05) is 18.8 Å². The second-order valence-electron chi connectivity index (χ2n) is 9.75. The van der Waals surface area contributed by atoms with Crippen LogP contribution in [-0.4, -0.2) is 49.3 Å². The zero-order valence-corrected chi connectivity index (χ0v) is 19.8. The number of piperidine rings is 1. The molecule has 1 heterocycles. The lowest BCUT2D eigenvalue weighted by atomic mass is 9.78. The summed E-state index contributed by atoms with van der Waals surface area (Å²) in [6.45, 7) is 11.6. The number of hydrogen-bond acceptors (Lipinski definition) is 4. The van der Waals surface area contributed by atoms with Crippen LogP contribution in [0.15, 0.2) is 24.3 Å². The van der Waals surface area contributed by atoms with E-state index in [1.54, 1.807) is 0 Å². The molecule has 0 bridgehead atoms. The summed E-state index contributed by atoms with van der Waals surface area (Å²) >= 11 is 0. The third-order valence-electron chi connectivity index (χ3n) is 6.83. The third-order valence-corrected chi connectivity index (χ3v) is 6.83. The molecule has 5 heteroatoms. The lowest BCUT2D eigenvalue weighted by molar-refractivity contribution is -0.148. The van der Waals surface area contributed by atoms with Gasteiger partial charge in [0.1, 0.15) is 11.4 Å². The largest absolute Gasteiger partial charge is 0.494 e. The molecular weight excluding hydrogens is 388 g/mol. The standard InChI is InChI=1S/C26H42N2O3/c1-4-18-31-26(14-5-7-22(3)20-26)25(29)27-23-8-10-24(11-9-23)30-19-6-15-28-16-12-21(2)13-17-28/h8-11,21-22H,4-7,12-20H2,1-3H3,(H,27,29)/t22-,26-/m1/s1. The maximum absolute atomic E-state index is 13.1. The van der Waals surface area contributed by atoms with Gasteiger partial charge in [-0.1, -0.05) is 27.2 Å². The molecule has 174 valence electrons. The summed E-state index contributed by atoms with van der Waals surface area (Å²) < 4.78 is 12.0. The van der Waals surface area contributed by atoms with Gasteiger partial charge in [-0.05, 0) is 94.1 Å². The predicted octanol–water partition coefficient (Wildman–Crippen LogP) is 5.50. The molecule has 31 heavy (non-hydrogen) atoms. The maximum Gasteiger partial charge on any atom is 0.256 e. The number of amides is 1. The van der Waals surface area contributed by atoms with Gasteiger partial charge in [0.15, 0.2) is 0 Å². The third kappa shape index (κ3) is 7.21. The molecule has 5 nitrogen and oxygen atoms in total. The molecule has 0 aromatic heterocycles. The number of nitrogens with zero attached hydrogens (tertiary/aromatic N) is 1. The van der Waals surface area contributed by atoms with E-state index in [0.717, 1.165) is 62.6 Å². The van der Waals surface area contributed by atoms with Crippen molar-refractivity contribution in [3.8, 4) is 5.75 Å². The number of carbonyl (C=O) groups excluding carboxylic acids is 1. The number of nitrogens with one attached hydrogen (secondary N) is 1. The fourth-order valence-corrected chi connectivity index (χ4v) is 4.85. The maximum atomic E-state index is 13.1. The van der Waals surface area contributed by atoms with E-state index in [1.807, 2.05) is 24.3 Å². The monoisotopic (exact) mass is 430 g/mol. The van der Waals surface area contributed by atoms with Gasteiger partial charge in [-0.25, -0.2) is 0 Å². The van der Waals surface area contributed by atoms with Crippen LogP contribution in [0.1, 0.15) is 72.1 Å². The first-order chi connectivity index (χ1) is 15.0. The quantitative estimate of drug-likeness (QED) is 0.498. The molecule has 1 saturated carbocycles. The molecule has 1 saturated heterocycles. The SMILES string of the molecule is CCCO[C@]1(C(=O)Nc2ccc(OCCCN3CCC(C)CC3)cc2)CCC[C@@H](C)C1. The average molecular weight is 431 g/mol. The van der Waals surface area contributed by atoms with Gasteiger partial charge in [-0.15, -0.1) is 0 Å². The Balaban J connectivity index is 1.45. The summed E-state index contributed by atoms with van der Waals surface area (Å²) in [5, 5.41) is 3.10. The topological polar surface area (TPSA) is 50.8 Å². The summed E-state index contributed by atoms with van der Waals surface area (Å²) in [7, 11) is 0. The summed E-state index contributed by atoms with van der Waals surface area (Å²) in [4.78, 5) is 15.7. The molecule has 1 aliphatic heterocycles. The molecule has 3 rings (SSSR count). The van der Waals surface area contributed by atoms with Crippen LogP contribution in [0.3, 0.4) is 0 Å². The van der Waals surface area contributed by atoms with Gasteiger partial charge in [0.05, 0.1) is 6.61 Å². The summed E-state index contributed by atoms with van der Waals surface area (Å²) in [5.74, 6) is 2.24. The van der Waals surface area contributed by atoms with Crippen molar-refractivity contribution in [3.05, 3.63) is 24.3 Å². The molecule has 0 radical (unpaired) electrons. The van der Waals surface area contributed by atoms with Crippen LogP contribution < -0.4 is 10.1 Å². The predicted molar refractivity (Wildman–Crippen MR) is 127 cm³/mol. The van der Waals surface area contributed by atoms with Crippen LogP contribution in [0.5, 0.6) is 5.75 Å². The van der Waals surface area contributed by atoms with E-state index in [-0.39, 0.29) is 5.91 Å². The van der Waals surface area contributed by atoms with Gasteiger partial charge >= 0.3 is 0 Å². The van der Waals surface area contributed by atoms with Crippen molar-refractivity contribution in [1.29, 1.82) is 0 Å². The first kappa shape index (κ1) is 24.1. The Morgan fingerprint density at radius 3 is 2.52 bits per heavy atom. The number of benzene rings is 1. The highest BCUT2D eigenvalue weighted by molar-refractivity contribution is 5.97. The number of carbonyl (C=O) groups is 1. The van der Waals surface area contributed by atoms with E-state index in [1.165, 1.54) is 32.4 Å². The van der Waals surface area contributed by atoms with Crippen LogP contribution in [-0.2, 0) is 9.53 Å². The van der Waals surface area contributed by atoms with Crippen molar-refractivity contribution in [1.82, 2.24) is 4.90 Å². The van der Waals surface area contributed by atoms with E-state index >= 15 is 0 Å². The molecule has 2 aliphatic rings. The highest BCUT2D eigenvalue weighted by Crippen LogP contribution is 2.36.